The quantitative estimate of drug-likeness (QED) is 0.899. The lowest BCUT2D eigenvalue weighted by molar-refractivity contribution is -0.130. The van der Waals surface area contributed by atoms with E-state index in [0.29, 0.717) is 42.6 Å². The molecule has 0 aliphatic carbocycles. The molecule has 3 rings (SSSR count). The zero-order chi connectivity index (χ0) is 18.7. The van der Waals surface area contributed by atoms with E-state index in [1.165, 1.54) is 0 Å². The number of anilines is 2. The summed E-state index contributed by atoms with van der Waals surface area (Å²) in [7, 11) is 0. The van der Waals surface area contributed by atoms with Crippen LogP contribution in [0.4, 0.5) is 11.5 Å². The van der Waals surface area contributed by atoms with Gasteiger partial charge in [-0.05, 0) is 42.8 Å². The summed E-state index contributed by atoms with van der Waals surface area (Å²) >= 11 is 5.98. The summed E-state index contributed by atoms with van der Waals surface area (Å²) in [6.07, 6.45) is 1.62. The molecule has 0 unspecified atom stereocenters. The van der Waals surface area contributed by atoms with Crippen LogP contribution in [0.1, 0.15) is 22.8 Å². The predicted octanol–water partition coefficient (Wildman–Crippen LogP) is 3.09. The van der Waals surface area contributed by atoms with Gasteiger partial charge in [0.2, 0.25) is 5.91 Å². The summed E-state index contributed by atoms with van der Waals surface area (Å²) in [5, 5.41) is 3.90. The van der Waals surface area contributed by atoms with Gasteiger partial charge in [0.15, 0.2) is 0 Å². The Labute approximate surface area is 157 Å². The average Bonchev–Trinajstić information content (AvgIpc) is 2.64. The van der Waals surface area contributed by atoms with Crippen molar-refractivity contribution in [3.63, 3.8) is 0 Å². The Balaban J connectivity index is 1.71. The van der Waals surface area contributed by atoms with E-state index in [2.05, 4.69) is 10.3 Å². The molecular weight excluding hydrogens is 352 g/mol. The predicted molar refractivity (Wildman–Crippen MR) is 102 cm³/mol. The minimum Gasteiger partial charge on any atom is -0.340 e. The molecule has 0 bridgehead atoms. The first kappa shape index (κ1) is 18.2. The number of hydrogen-bond donors (Lipinski definition) is 1. The molecule has 1 aromatic carbocycles. The van der Waals surface area contributed by atoms with Gasteiger partial charge >= 0.3 is 0 Å². The van der Waals surface area contributed by atoms with Gasteiger partial charge in [-0.1, -0.05) is 11.6 Å². The zero-order valence-electron chi connectivity index (χ0n) is 14.8. The number of piperazine rings is 1. The molecule has 2 aromatic rings. The molecule has 136 valence electrons. The molecular formula is C19H21ClN4O2. The molecule has 0 radical (unpaired) electrons. The van der Waals surface area contributed by atoms with Gasteiger partial charge in [-0.25, -0.2) is 4.98 Å². The highest BCUT2D eigenvalue weighted by Gasteiger charge is 2.23. The SMILES string of the molecule is CC(=O)N1CCN(C(=O)c2ccnc(Nc3ccc(Cl)cc3C)c2)CC1. The molecule has 1 fully saturated rings. The number of amides is 2. The van der Waals surface area contributed by atoms with Crippen LogP contribution in [0.15, 0.2) is 36.5 Å². The fourth-order valence-electron chi connectivity index (χ4n) is 2.94. The molecule has 0 saturated carbocycles. The molecule has 2 amide bonds. The lowest BCUT2D eigenvalue weighted by atomic mass is 10.2. The molecule has 1 aliphatic rings. The van der Waals surface area contributed by atoms with Gasteiger partial charge in [0, 0.05) is 55.6 Å². The molecule has 2 heterocycles. The topological polar surface area (TPSA) is 65.5 Å². The van der Waals surface area contributed by atoms with Gasteiger partial charge in [0.05, 0.1) is 0 Å². The Morgan fingerprint density at radius 3 is 2.42 bits per heavy atom. The van der Waals surface area contributed by atoms with Gasteiger partial charge in [-0.3, -0.25) is 9.59 Å². The Bertz CT molecular complexity index is 832. The van der Waals surface area contributed by atoms with Crippen molar-refractivity contribution in [3.8, 4) is 0 Å². The van der Waals surface area contributed by atoms with Crippen molar-refractivity contribution < 1.29 is 9.59 Å². The number of nitrogens with zero attached hydrogens (tertiary/aromatic N) is 3. The van der Waals surface area contributed by atoms with Gasteiger partial charge in [-0.15, -0.1) is 0 Å². The largest absolute Gasteiger partial charge is 0.340 e. The van der Waals surface area contributed by atoms with Crippen LogP contribution in [-0.4, -0.2) is 52.8 Å². The van der Waals surface area contributed by atoms with Crippen molar-refractivity contribution >= 4 is 34.9 Å². The van der Waals surface area contributed by atoms with E-state index in [9.17, 15) is 9.59 Å². The Hall–Kier alpha value is -2.60. The molecule has 1 N–H and O–H groups in total. The lowest BCUT2D eigenvalue weighted by Crippen LogP contribution is -2.50. The van der Waals surface area contributed by atoms with E-state index in [0.717, 1.165) is 11.3 Å². The van der Waals surface area contributed by atoms with Crippen molar-refractivity contribution in [2.24, 2.45) is 0 Å². The first-order chi connectivity index (χ1) is 12.4. The highest BCUT2D eigenvalue weighted by atomic mass is 35.5. The average molecular weight is 373 g/mol. The second-order valence-electron chi connectivity index (χ2n) is 6.31. The number of aromatic nitrogens is 1. The van der Waals surface area contributed by atoms with Gasteiger partial charge < -0.3 is 15.1 Å². The third-order valence-corrected chi connectivity index (χ3v) is 4.71. The van der Waals surface area contributed by atoms with Crippen LogP contribution in [0.3, 0.4) is 0 Å². The summed E-state index contributed by atoms with van der Waals surface area (Å²) < 4.78 is 0. The van der Waals surface area contributed by atoms with Gasteiger partial charge in [0.25, 0.3) is 5.91 Å². The van der Waals surface area contributed by atoms with Gasteiger partial charge in [0.1, 0.15) is 5.82 Å². The van der Waals surface area contributed by atoms with E-state index in [1.54, 1.807) is 41.1 Å². The fraction of sp³-hybridized carbons (Fsp3) is 0.316. The number of aryl methyl sites for hydroxylation is 1. The highest BCUT2D eigenvalue weighted by molar-refractivity contribution is 6.30. The highest BCUT2D eigenvalue weighted by Crippen LogP contribution is 2.23. The Kier molecular flexibility index (Phi) is 5.42. The van der Waals surface area contributed by atoms with Crippen LogP contribution in [0.2, 0.25) is 5.02 Å². The molecule has 7 heteroatoms. The first-order valence-corrected chi connectivity index (χ1v) is 8.86. The second kappa shape index (κ2) is 7.74. The molecule has 0 atom stereocenters. The first-order valence-electron chi connectivity index (χ1n) is 8.48. The number of pyridine rings is 1. The number of halogens is 1. The van der Waals surface area contributed by atoms with Crippen molar-refractivity contribution in [1.82, 2.24) is 14.8 Å². The summed E-state index contributed by atoms with van der Waals surface area (Å²) in [4.78, 5) is 32.0. The maximum Gasteiger partial charge on any atom is 0.254 e. The van der Waals surface area contributed by atoms with Gasteiger partial charge in [-0.2, -0.15) is 0 Å². The fourth-order valence-corrected chi connectivity index (χ4v) is 3.17. The molecule has 26 heavy (non-hydrogen) atoms. The second-order valence-corrected chi connectivity index (χ2v) is 6.75. The molecule has 1 saturated heterocycles. The van der Waals surface area contributed by atoms with Crippen LogP contribution in [0, 0.1) is 6.92 Å². The number of carbonyl (C=O) groups is 2. The third-order valence-electron chi connectivity index (χ3n) is 4.47. The minimum atomic E-state index is -0.0496. The number of carbonyl (C=O) groups excluding carboxylic acids is 2. The van der Waals surface area contributed by atoms with Crippen LogP contribution in [0.5, 0.6) is 0 Å². The third kappa shape index (κ3) is 4.14. The van der Waals surface area contributed by atoms with Crippen molar-refractivity contribution in [3.05, 3.63) is 52.7 Å². The van der Waals surface area contributed by atoms with Crippen molar-refractivity contribution in [1.29, 1.82) is 0 Å². The normalized spacial score (nSPS) is 14.3. The molecule has 6 nitrogen and oxygen atoms in total. The number of benzene rings is 1. The molecule has 0 spiro atoms. The van der Waals surface area contributed by atoms with E-state index < -0.39 is 0 Å². The Morgan fingerprint density at radius 1 is 1.08 bits per heavy atom. The van der Waals surface area contributed by atoms with E-state index >= 15 is 0 Å². The van der Waals surface area contributed by atoms with Crippen LogP contribution >= 0.6 is 11.6 Å². The van der Waals surface area contributed by atoms with Crippen molar-refractivity contribution in [2.45, 2.75) is 13.8 Å². The number of rotatable bonds is 3. The van der Waals surface area contributed by atoms with E-state index in [4.69, 9.17) is 11.6 Å². The summed E-state index contributed by atoms with van der Waals surface area (Å²) in [6.45, 7) is 5.73. The number of hydrogen-bond acceptors (Lipinski definition) is 4. The number of nitrogens with one attached hydrogen (secondary N) is 1. The molecule has 1 aromatic heterocycles. The summed E-state index contributed by atoms with van der Waals surface area (Å²) in [6, 6.07) is 9.01. The smallest absolute Gasteiger partial charge is 0.254 e. The standard InChI is InChI=1S/C19H21ClN4O2/c1-13-11-16(20)3-4-17(13)22-18-12-15(5-6-21-18)19(26)24-9-7-23(8-10-24)14(2)25/h3-6,11-12H,7-10H2,1-2H3,(H,21,22). The summed E-state index contributed by atoms with van der Waals surface area (Å²) in [5.41, 5.74) is 2.46. The van der Waals surface area contributed by atoms with Crippen LogP contribution in [-0.2, 0) is 4.79 Å². The van der Waals surface area contributed by atoms with Crippen molar-refractivity contribution in [2.75, 3.05) is 31.5 Å². The van der Waals surface area contributed by atoms with Crippen LogP contribution in [0.25, 0.3) is 0 Å². The Morgan fingerprint density at radius 2 is 1.77 bits per heavy atom. The summed E-state index contributed by atoms with van der Waals surface area (Å²) in [5.74, 6) is 0.598. The monoisotopic (exact) mass is 372 g/mol. The minimum absolute atomic E-state index is 0.0471. The van der Waals surface area contributed by atoms with Crippen LogP contribution < -0.4 is 5.32 Å². The molecule has 1 aliphatic heterocycles. The maximum atomic E-state index is 12.7. The maximum absolute atomic E-state index is 12.7. The zero-order valence-corrected chi connectivity index (χ0v) is 15.6. The lowest BCUT2D eigenvalue weighted by Gasteiger charge is -2.34. The van der Waals surface area contributed by atoms with E-state index in [-0.39, 0.29) is 11.8 Å². The van der Waals surface area contributed by atoms with E-state index in [1.807, 2.05) is 19.1 Å².